The van der Waals surface area contributed by atoms with Gasteiger partial charge < -0.3 is 8.83 Å². The zero-order valence-electron chi connectivity index (χ0n) is 16.2. The summed E-state index contributed by atoms with van der Waals surface area (Å²) in [4.78, 5) is 0. The van der Waals surface area contributed by atoms with Crippen LogP contribution in [0.4, 0.5) is 0 Å². The molecule has 2 aromatic carbocycles. The van der Waals surface area contributed by atoms with Crippen LogP contribution in [0.25, 0.3) is 35.1 Å². The van der Waals surface area contributed by atoms with Gasteiger partial charge in [0, 0.05) is 23.3 Å². The molecule has 0 radical (unpaired) electrons. The second kappa shape index (κ2) is 7.23. The fourth-order valence-corrected chi connectivity index (χ4v) is 2.90. The van der Waals surface area contributed by atoms with Crippen molar-refractivity contribution in [2.24, 2.45) is 0 Å². The number of hydrogen-bond acceptors (Lipinski definition) is 6. The highest BCUT2D eigenvalue weighted by Gasteiger charge is 2.12. The van der Waals surface area contributed by atoms with Gasteiger partial charge in [-0.25, -0.2) is 0 Å². The first kappa shape index (κ1) is 17.9. The van der Waals surface area contributed by atoms with Crippen molar-refractivity contribution in [3.05, 3.63) is 70.4 Å². The van der Waals surface area contributed by atoms with Crippen LogP contribution in [0, 0.1) is 27.7 Å². The van der Waals surface area contributed by atoms with Gasteiger partial charge in [0.25, 0.3) is 0 Å². The van der Waals surface area contributed by atoms with Crippen molar-refractivity contribution in [3.8, 4) is 22.9 Å². The Kier molecular flexibility index (Phi) is 4.61. The molecular formula is C22H20N4O2. The van der Waals surface area contributed by atoms with Crippen molar-refractivity contribution >= 4 is 12.2 Å². The molecular weight excluding hydrogens is 352 g/mol. The van der Waals surface area contributed by atoms with Crippen LogP contribution in [-0.4, -0.2) is 20.4 Å². The maximum atomic E-state index is 5.75. The van der Waals surface area contributed by atoms with Gasteiger partial charge in [0.15, 0.2) is 0 Å². The number of aryl methyl sites for hydroxylation is 4. The van der Waals surface area contributed by atoms with Gasteiger partial charge in [0.05, 0.1) is 0 Å². The first-order valence-electron chi connectivity index (χ1n) is 9.00. The molecule has 140 valence electrons. The first-order chi connectivity index (χ1) is 13.5. The predicted octanol–water partition coefficient (Wildman–Crippen LogP) is 5.19. The summed E-state index contributed by atoms with van der Waals surface area (Å²) in [6.45, 7) is 8.09. The topological polar surface area (TPSA) is 77.8 Å². The van der Waals surface area contributed by atoms with E-state index in [-0.39, 0.29) is 0 Å². The van der Waals surface area contributed by atoms with Crippen molar-refractivity contribution in [1.82, 2.24) is 20.4 Å². The smallest absolute Gasteiger partial charge is 0.248 e. The van der Waals surface area contributed by atoms with Crippen LogP contribution in [0.15, 0.2) is 45.2 Å². The zero-order valence-corrected chi connectivity index (χ0v) is 16.2. The second-order valence-corrected chi connectivity index (χ2v) is 6.86. The van der Waals surface area contributed by atoms with Crippen LogP contribution in [0.1, 0.15) is 34.0 Å². The minimum atomic E-state index is 0.377. The lowest BCUT2D eigenvalue weighted by atomic mass is 10.1. The molecule has 0 spiro atoms. The first-order valence-corrected chi connectivity index (χ1v) is 9.00. The van der Waals surface area contributed by atoms with Gasteiger partial charge in [0.2, 0.25) is 23.6 Å². The highest BCUT2D eigenvalue weighted by atomic mass is 16.4. The molecule has 0 amide bonds. The normalized spacial score (nSPS) is 11.4. The van der Waals surface area contributed by atoms with Gasteiger partial charge in [-0.3, -0.25) is 0 Å². The van der Waals surface area contributed by atoms with E-state index in [4.69, 9.17) is 8.83 Å². The summed E-state index contributed by atoms with van der Waals surface area (Å²) in [7, 11) is 0. The standard InChI is InChI=1S/C22H20N4O2/c1-13-5-7-15(3)17(11-13)21-25-23-19(27-21)9-10-20-24-26-22(28-20)18-12-14(2)6-8-16(18)4/h5-12H,1-4H3/b10-9+. The zero-order chi connectivity index (χ0) is 19.7. The Hall–Kier alpha value is -3.54. The average Bonchev–Trinajstić information content (AvgIpc) is 3.33. The van der Waals surface area contributed by atoms with Crippen molar-refractivity contribution < 1.29 is 8.83 Å². The molecule has 0 atom stereocenters. The Morgan fingerprint density at radius 2 is 1.04 bits per heavy atom. The van der Waals surface area contributed by atoms with Crippen LogP contribution in [0.5, 0.6) is 0 Å². The minimum absolute atomic E-state index is 0.377. The summed E-state index contributed by atoms with van der Waals surface area (Å²) in [5.74, 6) is 1.73. The lowest BCUT2D eigenvalue weighted by molar-refractivity contribution is 0.552. The van der Waals surface area contributed by atoms with E-state index >= 15 is 0 Å². The SMILES string of the molecule is Cc1ccc(C)c(-c2nnc(/C=C/c3nnc(-c4cc(C)ccc4C)o3)o2)c1. The Morgan fingerprint density at radius 1 is 0.607 bits per heavy atom. The summed E-state index contributed by atoms with van der Waals surface area (Å²) in [6.07, 6.45) is 3.34. The van der Waals surface area contributed by atoms with E-state index in [9.17, 15) is 0 Å². The summed E-state index contributed by atoms with van der Waals surface area (Å²) in [5.41, 5.74) is 6.31. The van der Waals surface area contributed by atoms with Crippen LogP contribution in [0.2, 0.25) is 0 Å². The van der Waals surface area contributed by atoms with Gasteiger partial charge in [0.1, 0.15) is 0 Å². The number of nitrogens with zero attached hydrogens (tertiary/aromatic N) is 4. The number of benzene rings is 2. The maximum absolute atomic E-state index is 5.75. The van der Waals surface area contributed by atoms with E-state index in [0.29, 0.717) is 23.6 Å². The molecule has 0 unspecified atom stereocenters. The molecule has 2 aromatic heterocycles. The molecule has 6 heteroatoms. The lowest BCUT2D eigenvalue weighted by Crippen LogP contribution is -1.84. The molecule has 2 heterocycles. The van der Waals surface area contributed by atoms with E-state index in [1.807, 2.05) is 52.0 Å². The van der Waals surface area contributed by atoms with Gasteiger partial charge in [-0.05, 0) is 51.0 Å². The largest absolute Gasteiger partial charge is 0.417 e. The fourth-order valence-electron chi connectivity index (χ4n) is 2.90. The molecule has 4 aromatic rings. The van der Waals surface area contributed by atoms with Crippen molar-refractivity contribution in [3.63, 3.8) is 0 Å². The summed E-state index contributed by atoms with van der Waals surface area (Å²) < 4.78 is 11.5. The minimum Gasteiger partial charge on any atom is -0.417 e. The summed E-state index contributed by atoms with van der Waals surface area (Å²) in [6, 6.07) is 12.3. The fraction of sp³-hybridized carbons (Fsp3) is 0.182. The Morgan fingerprint density at radius 3 is 1.46 bits per heavy atom. The highest BCUT2D eigenvalue weighted by molar-refractivity contribution is 5.65. The molecule has 28 heavy (non-hydrogen) atoms. The van der Waals surface area contributed by atoms with E-state index in [2.05, 4.69) is 32.5 Å². The second-order valence-electron chi connectivity index (χ2n) is 6.86. The van der Waals surface area contributed by atoms with Crippen molar-refractivity contribution in [1.29, 1.82) is 0 Å². The molecule has 0 saturated carbocycles. The lowest BCUT2D eigenvalue weighted by Gasteiger charge is -2.01. The van der Waals surface area contributed by atoms with Crippen LogP contribution >= 0.6 is 0 Å². The molecule has 0 saturated heterocycles. The molecule has 6 nitrogen and oxygen atoms in total. The summed E-state index contributed by atoms with van der Waals surface area (Å²) in [5, 5.41) is 16.4. The maximum Gasteiger partial charge on any atom is 0.248 e. The van der Waals surface area contributed by atoms with Crippen LogP contribution in [0.3, 0.4) is 0 Å². The average molecular weight is 372 g/mol. The van der Waals surface area contributed by atoms with Crippen molar-refractivity contribution in [2.45, 2.75) is 27.7 Å². The monoisotopic (exact) mass is 372 g/mol. The predicted molar refractivity (Wildman–Crippen MR) is 107 cm³/mol. The highest BCUT2D eigenvalue weighted by Crippen LogP contribution is 2.25. The molecule has 4 rings (SSSR count). The van der Waals surface area contributed by atoms with Gasteiger partial charge >= 0.3 is 0 Å². The molecule has 0 aliphatic carbocycles. The molecule has 0 fully saturated rings. The summed E-state index contributed by atoms with van der Waals surface area (Å²) >= 11 is 0. The van der Waals surface area contributed by atoms with E-state index in [1.54, 1.807) is 12.2 Å². The molecule has 0 bridgehead atoms. The van der Waals surface area contributed by atoms with Gasteiger partial charge in [-0.15, -0.1) is 20.4 Å². The third kappa shape index (κ3) is 3.62. The Labute approximate surface area is 163 Å². The molecule has 0 aliphatic heterocycles. The number of rotatable bonds is 4. The Bertz CT molecular complexity index is 1080. The quantitative estimate of drug-likeness (QED) is 0.490. The van der Waals surface area contributed by atoms with Crippen LogP contribution in [-0.2, 0) is 0 Å². The third-order valence-corrected chi connectivity index (χ3v) is 4.50. The number of hydrogen-bond donors (Lipinski definition) is 0. The molecule has 0 N–H and O–H groups in total. The van der Waals surface area contributed by atoms with Crippen LogP contribution < -0.4 is 0 Å². The number of aromatic nitrogens is 4. The van der Waals surface area contributed by atoms with E-state index in [1.165, 1.54) is 0 Å². The Balaban J connectivity index is 1.56. The molecule has 0 aliphatic rings. The van der Waals surface area contributed by atoms with Gasteiger partial charge in [-0.1, -0.05) is 35.4 Å². The van der Waals surface area contributed by atoms with E-state index in [0.717, 1.165) is 33.4 Å². The van der Waals surface area contributed by atoms with Crippen molar-refractivity contribution in [2.75, 3.05) is 0 Å². The third-order valence-electron chi connectivity index (χ3n) is 4.50. The van der Waals surface area contributed by atoms with E-state index < -0.39 is 0 Å². The van der Waals surface area contributed by atoms with Gasteiger partial charge in [-0.2, -0.15) is 0 Å².